The third-order valence-corrected chi connectivity index (χ3v) is 2.00. The third kappa shape index (κ3) is 3.49. The van der Waals surface area contributed by atoms with E-state index in [1.165, 1.54) is 6.20 Å². The van der Waals surface area contributed by atoms with Crippen LogP contribution in [0.15, 0.2) is 6.20 Å². The molecule has 0 aromatic carbocycles. The molecule has 0 aliphatic rings. The third-order valence-electron chi connectivity index (χ3n) is 1.85. The zero-order chi connectivity index (χ0) is 11.3. The molecule has 0 atom stereocenters. The van der Waals surface area contributed by atoms with Crippen molar-refractivity contribution in [3.63, 3.8) is 0 Å². The summed E-state index contributed by atoms with van der Waals surface area (Å²) in [5.74, 6) is 0.921. The maximum absolute atomic E-state index is 10.4. The summed E-state index contributed by atoms with van der Waals surface area (Å²) in [6.45, 7) is 3.22. The molecule has 7 heteroatoms. The highest BCUT2D eigenvalue weighted by Crippen LogP contribution is 2.09. The lowest BCUT2D eigenvalue weighted by Gasteiger charge is -2.02. The number of ether oxygens (including phenoxy) is 1. The van der Waals surface area contributed by atoms with Gasteiger partial charge in [0, 0.05) is 19.3 Å². The Hall–Kier alpha value is -1.14. The van der Waals surface area contributed by atoms with Gasteiger partial charge in [-0.1, -0.05) is 0 Å². The number of hydrogen-bond donors (Lipinski definition) is 0. The fraction of sp³-hybridized carbons (Fsp3) is 0.625. The van der Waals surface area contributed by atoms with E-state index in [0.717, 1.165) is 0 Å². The largest absolute Gasteiger partial charge is 0.381 e. The summed E-state index contributed by atoms with van der Waals surface area (Å²) in [5.41, 5.74) is 0. The summed E-state index contributed by atoms with van der Waals surface area (Å²) in [7, 11) is 0. The Balaban J connectivity index is 2.50. The number of alkyl halides is 1. The van der Waals surface area contributed by atoms with Crippen LogP contribution in [0.2, 0.25) is 0 Å². The van der Waals surface area contributed by atoms with Gasteiger partial charge < -0.3 is 19.4 Å². The van der Waals surface area contributed by atoms with Crippen LogP contribution in [0, 0.1) is 17.0 Å². The average molecular weight is 234 g/mol. The maximum Gasteiger partial charge on any atom is 0.381 e. The molecule has 0 N–H and O–H groups in total. The molecule has 15 heavy (non-hydrogen) atoms. The van der Waals surface area contributed by atoms with Gasteiger partial charge in [-0.05, 0) is 9.91 Å². The number of hydrogen-bond acceptors (Lipinski definition) is 4. The standard InChI is InChI=1S/C8H12ClN3O3/c1-7-10-8(12(13)14)6-11(7)3-5-15-4-2-9/h6H,2-5H2,1H3. The van der Waals surface area contributed by atoms with Crippen LogP contribution in [0.4, 0.5) is 5.82 Å². The number of rotatable bonds is 6. The van der Waals surface area contributed by atoms with E-state index in [2.05, 4.69) is 4.98 Å². The molecule has 1 aromatic rings. The van der Waals surface area contributed by atoms with Crippen LogP contribution >= 0.6 is 11.6 Å². The SMILES string of the molecule is Cc1nc([N+](=O)[O-])cn1CCOCCCl. The second kappa shape index (κ2) is 5.67. The summed E-state index contributed by atoms with van der Waals surface area (Å²) < 4.78 is 6.85. The van der Waals surface area contributed by atoms with Crippen molar-refractivity contribution in [2.45, 2.75) is 13.5 Å². The van der Waals surface area contributed by atoms with Gasteiger partial charge in [-0.25, -0.2) is 0 Å². The molecule has 0 radical (unpaired) electrons. The van der Waals surface area contributed by atoms with Crippen LogP contribution in [0.1, 0.15) is 5.82 Å². The predicted molar refractivity (Wildman–Crippen MR) is 55.2 cm³/mol. The zero-order valence-electron chi connectivity index (χ0n) is 8.35. The molecule has 0 unspecified atom stereocenters. The molecule has 0 aliphatic carbocycles. The molecule has 0 aliphatic heterocycles. The van der Waals surface area contributed by atoms with Crippen molar-refractivity contribution in [2.24, 2.45) is 0 Å². The molecule has 84 valence electrons. The Bertz CT molecular complexity index is 340. The zero-order valence-corrected chi connectivity index (χ0v) is 9.11. The van der Waals surface area contributed by atoms with Crippen molar-refractivity contribution < 1.29 is 9.66 Å². The minimum Gasteiger partial charge on any atom is -0.378 e. The Morgan fingerprint density at radius 1 is 1.67 bits per heavy atom. The second-order valence-corrected chi connectivity index (χ2v) is 3.28. The quantitative estimate of drug-likeness (QED) is 0.322. The molecule has 6 nitrogen and oxygen atoms in total. The average Bonchev–Trinajstić information content (AvgIpc) is 2.55. The Morgan fingerprint density at radius 3 is 2.93 bits per heavy atom. The van der Waals surface area contributed by atoms with Crippen LogP contribution in [0.25, 0.3) is 0 Å². The lowest BCUT2D eigenvalue weighted by molar-refractivity contribution is -0.389. The van der Waals surface area contributed by atoms with Crippen LogP contribution in [0.3, 0.4) is 0 Å². The smallest absolute Gasteiger partial charge is 0.378 e. The minimum absolute atomic E-state index is 0.134. The van der Waals surface area contributed by atoms with Gasteiger partial charge in [0.2, 0.25) is 5.82 Å². The first-order valence-electron chi connectivity index (χ1n) is 4.47. The Morgan fingerprint density at radius 2 is 2.40 bits per heavy atom. The van der Waals surface area contributed by atoms with E-state index in [9.17, 15) is 10.1 Å². The van der Waals surface area contributed by atoms with E-state index in [1.54, 1.807) is 11.5 Å². The number of nitrogens with zero attached hydrogens (tertiary/aromatic N) is 3. The van der Waals surface area contributed by atoms with Crippen LogP contribution < -0.4 is 0 Å². The molecule has 0 saturated carbocycles. The molecule has 0 saturated heterocycles. The van der Waals surface area contributed by atoms with Gasteiger partial charge >= 0.3 is 5.82 Å². The minimum atomic E-state index is -0.511. The van der Waals surface area contributed by atoms with Crippen molar-refractivity contribution in [3.8, 4) is 0 Å². The number of nitro groups is 1. The van der Waals surface area contributed by atoms with E-state index < -0.39 is 4.92 Å². The highest BCUT2D eigenvalue weighted by Gasteiger charge is 2.14. The number of imidazole rings is 1. The first kappa shape index (κ1) is 11.9. The second-order valence-electron chi connectivity index (χ2n) is 2.90. The van der Waals surface area contributed by atoms with Crippen LogP contribution in [-0.4, -0.2) is 33.6 Å². The lowest BCUT2D eigenvalue weighted by Crippen LogP contribution is -2.07. The highest BCUT2D eigenvalue weighted by atomic mass is 35.5. The van der Waals surface area contributed by atoms with Gasteiger partial charge in [-0.3, -0.25) is 0 Å². The molecular weight excluding hydrogens is 222 g/mol. The van der Waals surface area contributed by atoms with E-state index in [1.807, 2.05) is 0 Å². The molecule has 0 amide bonds. The molecule has 1 rings (SSSR count). The van der Waals surface area contributed by atoms with Gasteiger partial charge in [0.25, 0.3) is 0 Å². The number of aryl methyl sites for hydroxylation is 1. The van der Waals surface area contributed by atoms with E-state index >= 15 is 0 Å². The fourth-order valence-electron chi connectivity index (χ4n) is 1.13. The summed E-state index contributed by atoms with van der Waals surface area (Å²) in [6, 6.07) is 0. The summed E-state index contributed by atoms with van der Waals surface area (Å²) in [5, 5.41) is 10.4. The van der Waals surface area contributed by atoms with Crippen LogP contribution in [0.5, 0.6) is 0 Å². The first-order valence-corrected chi connectivity index (χ1v) is 5.00. The number of aromatic nitrogens is 2. The number of halogens is 1. The molecular formula is C8H12ClN3O3. The maximum atomic E-state index is 10.4. The van der Waals surface area contributed by atoms with Gasteiger partial charge in [0.15, 0.2) is 0 Å². The summed E-state index contributed by atoms with van der Waals surface area (Å²) in [6.07, 6.45) is 1.40. The van der Waals surface area contributed by atoms with Crippen LogP contribution in [-0.2, 0) is 11.3 Å². The van der Waals surface area contributed by atoms with Gasteiger partial charge in [-0.2, -0.15) is 0 Å². The van der Waals surface area contributed by atoms with Crippen molar-refractivity contribution >= 4 is 17.4 Å². The Kier molecular flexibility index (Phi) is 4.51. The first-order chi connectivity index (χ1) is 7.15. The van der Waals surface area contributed by atoms with Crippen molar-refractivity contribution in [3.05, 3.63) is 22.1 Å². The van der Waals surface area contributed by atoms with E-state index in [0.29, 0.717) is 31.5 Å². The predicted octanol–water partition coefficient (Wildman–Crippen LogP) is 1.36. The normalized spacial score (nSPS) is 10.5. The topological polar surface area (TPSA) is 70.2 Å². The fourth-order valence-corrected chi connectivity index (χ4v) is 1.23. The van der Waals surface area contributed by atoms with E-state index in [-0.39, 0.29) is 5.82 Å². The summed E-state index contributed by atoms with van der Waals surface area (Å²) >= 11 is 5.43. The van der Waals surface area contributed by atoms with Crippen molar-refractivity contribution in [1.82, 2.24) is 9.55 Å². The molecule has 1 aromatic heterocycles. The van der Waals surface area contributed by atoms with Gasteiger partial charge in [-0.15, -0.1) is 11.6 Å². The molecule has 1 heterocycles. The van der Waals surface area contributed by atoms with Crippen molar-refractivity contribution in [2.75, 3.05) is 19.1 Å². The molecule has 0 spiro atoms. The molecule has 0 bridgehead atoms. The van der Waals surface area contributed by atoms with Gasteiger partial charge in [0.1, 0.15) is 6.20 Å². The highest BCUT2D eigenvalue weighted by molar-refractivity contribution is 6.17. The molecule has 0 fully saturated rings. The monoisotopic (exact) mass is 233 g/mol. The van der Waals surface area contributed by atoms with Crippen molar-refractivity contribution in [1.29, 1.82) is 0 Å². The Labute approximate surface area is 92.0 Å². The van der Waals surface area contributed by atoms with E-state index in [4.69, 9.17) is 16.3 Å². The summed E-state index contributed by atoms with van der Waals surface area (Å²) in [4.78, 5) is 13.7. The van der Waals surface area contributed by atoms with Gasteiger partial charge in [0.05, 0.1) is 13.2 Å². The lowest BCUT2D eigenvalue weighted by atomic mass is 10.6.